The smallest absolute Gasteiger partial charge is 0.240 e. The molecule has 0 bridgehead atoms. The third kappa shape index (κ3) is 6.43. The largest absolute Gasteiger partial charge is 0.368 e. The lowest BCUT2D eigenvalue weighted by Crippen LogP contribution is -2.46. The Hall–Kier alpha value is -1.84. The van der Waals surface area contributed by atoms with E-state index in [0.29, 0.717) is 18.3 Å². The Balaban J connectivity index is 2.73. The first-order chi connectivity index (χ1) is 10.7. The molecule has 0 aromatic heterocycles. The van der Waals surface area contributed by atoms with E-state index >= 15 is 0 Å². The summed E-state index contributed by atoms with van der Waals surface area (Å²) in [6.07, 6.45) is 1.58. The first-order valence-electron chi connectivity index (χ1n) is 8.39. The van der Waals surface area contributed by atoms with Gasteiger partial charge in [-0.05, 0) is 42.7 Å². The molecule has 1 rings (SSSR count). The van der Waals surface area contributed by atoms with E-state index in [4.69, 9.17) is 5.73 Å². The summed E-state index contributed by atoms with van der Waals surface area (Å²) in [5.41, 5.74) is 7.60. The van der Waals surface area contributed by atoms with Gasteiger partial charge in [0.05, 0.1) is 5.92 Å². The predicted octanol–water partition coefficient (Wildman–Crippen LogP) is 3.00. The van der Waals surface area contributed by atoms with Crippen LogP contribution in [0.4, 0.5) is 0 Å². The van der Waals surface area contributed by atoms with E-state index in [1.165, 1.54) is 5.56 Å². The molecule has 1 aromatic carbocycles. The zero-order valence-electron chi connectivity index (χ0n) is 14.9. The van der Waals surface area contributed by atoms with Crippen molar-refractivity contribution in [2.75, 3.05) is 0 Å². The molecule has 2 atom stereocenters. The average Bonchev–Trinajstić information content (AvgIpc) is 2.45. The SMILES string of the molecule is CC(C)Cc1ccc([C@H](C)C(=O)N[C@@H](CC(C)C)C(N)=O)cc1. The van der Waals surface area contributed by atoms with Gasteiger partial charge in [-0.2, -0.15) is 0 Å². The quantitative estimate of drug-likeness (QED) is 0.773. The summed E-state index contributed by atoms with van der Waals surface area (Å²) >= 11 is 0. The summed E-state index contributed by atoms with van der Waals surface area (Å²) in [6, 6.07) is 7.51. The maximum Gasteiger partial charge on any atom is 0.240 e. The fraction of sp³-hybridized carbons (Fsp3) is 0.579. The standard InChI is InChI=1S/C19H30N2O2/c1-12(2)10-15-6-8-16(9-7-15)14(5)19(23)21-17(18(20)22)11-13(3)4/h6-9,12-14,17H,10-11H2,1-5H3,(H2,20,22)(H,21,23)/t14-,17-/m0/s1. The Kier molecular flexibility index (Phi) is 7.27. The van der Waals surface area contributed by atoms with Crippen molar-refractivity contribution >= 4 is 11.8 Å². The number of hydrogen-bond donors (Lipinski definition) is 2. The molecule has 0 spiro atoms. The molecule has 1 aromatic rings. The first kappa shape index (κ1) is 19.2. The summed E-state index contributed by atoms with van der Waals surface area (Å²) in [7, 11) is 0. The number of rotatable bonds is 8. The number of nitrogens with two attached hydrogens (primary N) is 1. The van der Waals surface area contributed by atoms with Crippen molar-refractivity contribution in [3.8, 4) is 0 Å². The highest BCUT2D eigenvalue weighted by molar-refractivity contribution is 5.89. The summed E-state index contributed by atoms with van der Waals surface area (Å²) in [5, 5.41) is 2.78. The Bertz CT molecular complexity index is 521. The molecule has 0 unspecified atom stereocenters. The molecule has 0 saturated heterocycles. The van der Waals surface area contributed by atoms with Gasteiger partial charge in [0.15, 0.2) is 0 Å². The van der Waals surface area contributed by atoms with Crippen LogP contribution in [0.5, 0.6) is 0 Å². The average molecular weight is 318 g/mol. The lowest BCUT2D eigenvalue weighted by atomic mass is 9.95. The predicted molar refractivity (Wildman–Crippen MR) is 94.0 cm³/mol. The minimum atomic E-state index is -0.606. The number of amides is 2. The molecule has 0 saturated carbocycles. The summed E-state index contributed by atoms with van der Waals surface area (Å²) in [4.78, 5) is 23.9. The molecule has 0 fully saturated rings. The van der Waals surface area contributed by atoms with Gasteiger partial charge in [0.25, 0.3) is 0 Å². The van der Waals surface area contributed by atoms with Crippen LogP contribution >= 0.6 is 0 Å². The number of primary amides is 1. The molecular formula is C19H30N2O2. The minimum Gasteiger partial charge on any atom is -0.368 e. The van der Waals surface area contributed by atoms with Crippen molar-refractivity contribution in [2.45, 2.75) is 59.4 Å². The van der Waals surface area contributed by atoms with Gasteiger partial charge >= 0.3 is 0 Å². The van der Waals surface area contributed by atoms with Gasteiger partial charge in [-0.3, -0.25) is 9.59 Å². The van der Waals surface area contributed by atoms with Gasteiger partial charge in [-0.1, -0.05) is 52.0 Å². The van der Waals surface area contributed by atoms with E-state index in [-0.39, 0.29) is 11.8 Å². The number of nitrogens with one attached hydrogen (secondary N) is 1. The Labute approximate surface area is 139 Å². The Morgan fingerprint density at radius 2 is 1.57 bits per heavy atom. The van der Waals surface area contributed by atoms with Gasteiger partial charge in [0, 0.05) is 0 Å². The molecule has 2 amide bonds. The zero-order valence-corrected chi connectivity index (χ0v) is 14.9. The van der Waals surface area contributed by atoms with Crippen LogP contribution in [0, 0.1) is 11.8 Å². The molecule has 0 aliphatic rings. The highest BCUT2D eigenvalue weighted by Gasteiger charge is 2.23. The highest BCUT2D eigenvalue weighted by atomic mass is 16.2. The number of hydrogen-bond acceptors (Lipinski definition) is 2. The topological polar surface area (TPSA) is 72.2 Å². The van der Waals surface area contributed by atoms with Crippen LogP contribution in [-0.4, -0.2) is 17.9 Å². The van der Waals surface area contributed by atoms with Gasteiger partial charge in [-0.25, -0.2) is 0 Å². The second kappa shape index (κ2) is 8.70. The summed E-state index contributed by atoms with van der Waals surface area (Å²) < 4.78 is 0. The monoisotopic (exact) mass is 318 g/mol. The zero-order chi connectivity index (χ0) is 17.6. The third-order valence-corrected chi connectivity index (χ3v) is 3.88. The fourth-order valence-electron chi connectivity index (χ4n) is 2.58. The van der Waals surface area contributed by atoms with Crippen LogP contribution in [0.25, 0.3) is 0 Å². The third-order valence-electron chi connectivity index (χ3n) is 3.88. The summed E-state index contributed by atoms with van der Waals surface area (Å²) in [6.45, 7) is 10.2. The van der Waals surface area contributed by atoms with E-state index in [0.717, 1.165) is 12.0 Å². The molecule has 3 N–H and O–H groups in total. The highest BCUT2D eigenvalue weighted by Crippen LogP contribution is 2.18. The van der Waals surface area contributed by atoms with Crippen molar-refractivity contribution in [3.63, 3.8) is 0 Å². The molecule has 0 aliphatic carbocycles. The Morgan fingerprint density at radius 1 is 1.00 bits per heavy atom. The van der Waals surface area contributed by atoms with Crippen LogP contribution in [-0.2, 0) is 16.0 Å². The molecule has 4 heteroatoms. The minimum absolute atomic E-state index is 0.161. The van der Waals surface area contributed by atoms with Crippen molar-refractivity contribution in [3.05, 3.63) is 35.4 Å². The van der Waals surface area contributed by atoms with Crippen LogP contribution < -0.4 is 11.1 Å². The Morgan fingerprint density at radius 3 is 2.00 bits per heavy atom. The molecule has 0 radical (unpaired) electrons. The normalized spacial score (nSPS) is 13.9. The van der Waals surface area contributed by atoms with Crippen molar-refractivity contribution < 1.29 is 9.59 Å². The van der Waals surface area contributed by atoms with E-state index in [1.807, 2.05) is 32.9 Å². The van der Waals surface area contributed by atoms with Gasteiger partial charge in [0.2, 0.25) is 11.8 Å². The van der Waals surface area contributed by atoms with Gasteiger partial charge in [0.1, 0.15) is 6.04 Å². The molecule has 0 heterocycles. The van der Waals surface area contributed by atoms with E-state index in [2.05, 4.69) is 31.3 Å². The number of carbonyl (C=O) groups is 2. The first-order valence-corrected chi connectivity index (χ1v) is 8.39. The molecule has 23 heavy (non-hydrogen) atoms. The van der Waals surface area contributed by atoms with E-state index in [1.54, 1.807) is 0 Å². The second-order valence-electron chi connectivity index (χ2n) is 7.15. The van der Waals surface area contributed by atoms with Gasteiger partial charge in [-0.15, -0.1) is 0 Å². The van der Waals surface area contributed by atoms with Crippen molar-refractivity contribution in [1.82, 2.24) is 5.32 Å². The van der Waals surface area contributed by atoms with Crippen LogP contribution in [0.2, 0.25) is 0 Å². The van der Waals surface area contributed by atoms with Gasteiger partial charge < -0.3 is 11.1 Å². The summed E-state index contributed by atoms with van der Waals surface area (Å²) in [5.74, 6) is -0.0537. The van der Waals surface area contributed by atoms with Crippen molar-refractivity contribution in [1.29, 1.82) is 0 Å². The lowest BCUT2D eigenvalue weighted by Gasteiger charge is -2.20. The molecule has 4 nitrogen and oxygen atoms in total. The van der Waals surface area contributed by atoms with Crippen LogP contribution in [0.1, 0.15) is 58.1 Å². The molecule has 128 valence electrons. The second-order valence-corrected chi connectivity index (χ2v) is 7.15. The van der Waals surface area contributed by atoms with Crippen LogP contribution in [0.15, 0.2) is 24.3 Å². The maximum absolute atomic E-state index is 12.4. The van der Waals surface area contributed by atoms with Crippen LogP contribution in [0.3, 0.4) is 0 Å². The van der Waals surface area contributed by atoms with Crippen molar-refractivity contribution in [2.24, 2.45) is 17.6 Å². The number of benzene rings is 1. The lowest BCUT2D eigenvalue weighted by molar-refractivity contribution is -0.128. The molecule has 0 aliphatic heterocycles. The van der Waals surface area contributed by atoms with E-state index in [9.17, 15) is 9.59 Å². The van der Waals surface area contributed by atoms with E-state index < -0.39 is 11.9 Å². The number of carbonyl (C=O) groups excluding carboxylic acids is 2. The maximum atomic E-state index is 12.4. The fourth-order valence-corrected chi connectivity index (χ4v) is 2.58. The molecular weight excluding hydrogens is 288 g/mol.